The van der Waals surface area contributed by atoms with Gasteiger partial charge in [-0.3, -0.25) is 4.79 Å². The summed E-state index contributed by atoms with van der Waals surface area (Å²) in [4.78, 5) is 11.4. The molecule has 1 fully saturated rings. The van der Waals surface area contributed by atoms with Crippen molar-refractivity contribution >= 4 is 5.97 Å². The predicted octanol–water partition coefficient (Wildman–Crippen LogP) is 3.60. The number of hydrogen-bond donors (Lipinski definition) is 1. The lowest BCUT2D eigenvalue weighted by atomic mass is 10.1. The topological polar surface area (TPSA) is 59.1 Å². The van der Waals surface area contributed by atoms with Gasteiger partial charge in [-0.25, -0.2) is 0 Å². The number of epoxide rings is 1. The van der Waals surface area contributed by atoms with Gasteiger partial charge in [0.15, 0.2) is 0 Å². The monoisotopic (exact) mass is 300 g/mol. The SMILES string of the molecule is CCCCCCCCC1OC1CCCC(=O)OC(C)CO. The van der Waals surface area contributed by atoms with Gasteiger partial charge in [0.1, 0.15) is 6.10 Å². The Morgan fingerprint density at radius 3 is 2.38 bits per heavy atom. The van der Waals surface area contributed by atoms with E-state index in [0.29, 0.717) is 18.6 Å². The molecule has 1 saturated heterocycles. The van der Waals surface area contributed by atoms with E-state index in [1.165, 1.54) is 44.9 Å². The van der Waals surface area contributed by atoms with Crippen LogP contribution in [0.4, 0.5) is 0 Å². The van der Waals surface area contributed by atoms with Crippen molar-refractivity contribution in [1.82, 2.24) is 0 Å². The Morgan fingerprint density at radius 2 is 1.71 bits per heavy atom. The van der Waals surface area contributed by atoms with E-state index in [0.717, 1.165) is 12.8 Å². The van der Waals surface area contributed by atoms with E-state index in [9.17, 15) is 4.79 Å². The standard InChI is InChI=1S/C17H32O4/c1-3-4-5-6-7-8-10-15-16(21-15)11-9-12-17(19)20-14(2)13-18/h14-16,18H,3-13H2,1-2H3. The van der Waals surface area contributed by atoms with Crippen LogP contribution in [0.25, 0.3) is 0 Å². The molecule has 0 amide bonds. The molecule has 0 aliphatic carbocycles. The highest BCUT2D eigenvalue weighted by Gasteiger charge is 2.37. The first-order valence-electron chi connectivity index (χ1n) is 8.63. The van der Waals surface area contributed by atoms with Gasteiger partial charge in [-0.05, 0) is 26.2 Å². The third-order valence-corrected chi connectivity index (χ3v) is 3.99. The van der Waals surface area contributed by atoms with Crippen LogP contribution in [-0.2, 0) is 14.3 Å². The zero-order valence-electron chi connectivity index (χ0n) is 13.7. The smallest absolute Gasteiger partial charge is 0.306 e. The molecule has 1 N–H and O–H groups in total. The predicted molar refractivity (Wildman–Crippen MR) is 83.1 cm³/mol. The van der Waals surface area contributed by atoms with Crippen molar-refractivity contribution in [3.8, 4) is 0 Å². The minimum Gasteiger partial charge on any atom is -0.460 e. The zero-order chi connectivity index (χ0) is 15.5. The molecular formula is C17H32O4. The molecule has 21 heavy (non-hydrogen) atoms. The summed E-state index contributed by atoms with van der Waals surface area (Å²) in [5, 5.41) is 8.80. The molecule has 0 aromatic rings. The van der Waals surface area contributed by atoms with Gasteiger partial charge in [0.25, 0.3) is 0 Å². The highest BCUT2D eigenvalue weighted by atomic mass is 16.6. The second-order valence-corrected chi connectivity index (χ2v) is 6.14. The zero-order valence-corrected chi connectivity index (χ0v) is 13.7. The molecule has 3 atom stereocenters. The fourth-order valence-corrected chi connectivity index (χ4v) is 2.58. The summed E-state index contributed by atoms with van der Waals surface area (Å²) >= 11 is 0. The van der Waals surface area contributed by atoms with E-state index in [4.69, 9.17) is 14.6 Å². The van der Waals surface area contributed by atoms with Gasteiger partial charge in [-0.1, -0.05) is 45.4 Å². The van der Waals surface area contributed by atoms with Crippen LogP contribution in [-0.4, -0.2) is 36.0 Å². The number of ether oxygens (including phenoxy) is 2. The number of carbonyl (C=O) groups excluding carboxylic acids is 1. The van der Waals surface area contributed by atoms with Crippen LogP contribution in [0, 0.1) is 0 Å². The van der Waals surface area contributed by atoms with E-state index < -0.39 is 6.10 Å². The summed E-state index contributed by atoms with van der Waals surface area (Å²) in [6.45, 7) is 3.82. The largest absolute Gasteiger partial charge is 0.460 e. The number of aliphatic hydroxyl groups excluding tert-OH is 1. The number of unbranched alkanes of at least 4 members (excludes halogenated alkanes) is 5. The van der Waals surface area contributed by atoms with Crippen LogP contribution in [0.15, 0.2) is 0 Å². The van der Waals surface area contributed by atoms with Gasteiger partial charge in [0.2, 0.25) is 0 Å². The molecule has 0 spiro atoms. The average molecular weight is 300 g/mol. The first-order chi connectivity index (χ1) is 10.2. The lowest BCUT2D eigenvalue weighted by Gasteiger charge is -2.09. The molecule has 1 aliphatic rings. The summed E-state index contributed by atoms with van der Waals surface area (Å²) in [5.74, 6) is -0.218. The van der Waals surface area contributed by atoms with Gasteiger partial charge in [0.05, 0.1) is 18.8 Å². The van der Waals surface area contributed by atoms with Crippen LogP contribution in [0.1, 0.15) is 78.1 Å². The first-order valence-corrected chi connectivity index (χ1v) is 8.63. The van der Waals surface area contributed by atoms with Crippen LogP contribution >= 0.6 is 0 Å². The fraction of sp³-hybridized carbons (Fsp3) is 0.941. The Labute approximate surface area is 129 Å². The highest BCUT2D eigenvalue weighted by molar-refractivity contribution is 5.69. The molecule has 1 rings (SSSR count). The first kappa shape index (κ1) is 18.4. The summed E-state index contributed by atoms with van der Waals surface area (Å²) in [7, 11) is 0. The molecule has 0 radical (unpaired) electrons. The van der Waals surface area contributed by atoms with Crippen LogP contribution in [0.5, 0.6) is 0 Å². The third kappa shape index (κ3) is 9.10. The number of esters is 1. The molecule has 0 aromatic carbocycles. The summed E-state index contributed by atoms with van der Waals surface area (Å²) < 4.78 is 10.6. The maximum atomic E-state index is 11.4. The molecule has 0 aromatic heterocycles. The number of hydrogen-bond acceptors (Lipinski definition) is 4. The molecule has 3 unspecified atom stereocenters. The average Bonchev–Trinajstić information content (AvgIpc) is 3.21. The van der Waals surface area contributed by atoms with Crippen LogP contribution < -0.4 is 0 Å². The summed E-state index contributed by atoms with van der Waals surface area (Å²) in [6, 6.07) is 0. The third-order valence-electron chi connectivity index (χ3n) is 3.99. The van der Waals surface area contributed by atoms with Gasteiger partial charge < -0.3 is 14.6 Å². The summed E-state index contributed by atoms with van der Waals surface area (Å²) in [6.07, 6.45) is 11.7. The van der Waals surface area contributed by atoms with Gasteiger partial charge >= 0.3 is 5.97 Å². The molecule has 1 heterocycles. The normalized spacial score (nSPS) is 22.0. The molecule has 0 bridgehead atoms. The van der Waals surface area contributed by atoms with Crippen LogP contribution in [0.3, 0.4) is 0 Å². The lowest BCUT2D eigenvalue weighted by Crippen LogP contribution is -2.18. The van der Waals surface area contributed by atoms with Crippen molar-refractivity contribution < 1.29 is 19.4 Å². The fourth-order valence-electron chi connectivity index (χ4n) is 2.58. The van der Waals surface area contributed by atoms with Crippen molar-refractivity contribution in [3.05, 3.63) is 0 Å². The molecule has 124 valence electrons. The highest BCUT2D eigenvalue weighted by Crippen LogP contribution is 2.31. The second-order valence-electron chi connectivity index (χ2n) is 6.14. The van der Waals surface area contributed by atoms with Crippen molar-refractivity contribution in [2.45, 2.75) is 96.4 Å². The van der Waals surface area contributed by atoms with Crippen molar-refractivity contribution in [1.29, 1.82) is 0 Å². The Hall–Kier alpha value is -0.610. The van der Waals surface area contributed by atoms with Crippen molar-refractivity contribution in [2.24, 2.45) is 0 Å². The number of rotatable bonds is 13. The number of carbonyl (C=O) groups is 1. The van der Waals surface area contributed by atoms with Gasteiger partial charge in [0, 0.05) is 6.42 Å². The van der Waals surface area contributed by atoms with E-state index in [1.807, 2.05) is 0 Å². The molecule has 0 saturated carbocycles. The van der Waals surface area contributed by atoms with E-state index >= 15 is 0 Å². The van der Waals surface area contributed by atoms with Gasteiger partial charge in [-0.15, -0.1) is 0 Å². The summed E-state index contributed by atoms with van der Waals surface area (Å²) in [5.41, 5.74) is 0. The molecule has 4 heteroatoms. The van der Waals surface area contributed by atoms with Crippen molar-refractivity contribution in [2.75, 3.05) is 6.61 Å². The van der Waals surface area contributed by atoms with E-state index in [-0.39, 0.29) is 12.6 Å². The quantitative estimate of drug-likeness (QED) is 0.321. The Bertz CT molecular complexity index is 280. The maximum absolute atomic E-state index is 11.4. The molecule has 1 aliphatic heterocycles. The maximum Gasteiger partial charge on any atom is 0.306 e. The minimum atomic E-state index is -0.393. The molecular weight excluding hydrogens is 268 g/mol. The van der Waals surface area contributed by atoms with Crippen LogP contribution in [0.2, 0.25) is 0 Å². The minimum absolute atomic E-state index is 0.113. The Balaban J connectivity index is 1.89. The second kappa shape index (κ2) is 11.0. The Kier molecular flexibility index (Phi) is 9.68. The Morgan fingerprint density at radius 1 is 1.10 bits per heavy atom. The van der Waals surface area contributed by atoms with Gasteiger partial charge in [-0.2, -0.15) is 0 Å². The number of aliphatic hydroxyl groups is 1. The lowest BCUT2D eigenvalue weighted by molar-refractivity contribution is -0.150. The van der Waals surface area contributed by atoms with Crippen molar-refractivity contribution in [3.63, 3.8) is 0 Å². The van der Waals surface area contributed by atoms with E-state index in [2.05, 4.69) is 6.92 Å². The van der Waals surface area contributed by atoms with E-state index in [1.54, 1.807) is 6.92 Å². The molecule has 4 nitrogen and oxygen atoms in total.